The molecule has 0 radical (unpaired) electrons. The van der Waals surface area contributed by atoms with Gasteiger partial charge in [-0.05, 0) is 24.3 Å². The van der Waals surface area contributed by atoms with Crippen LogP contribution >= 0.6 is 0 Å². The number of rotatable bonds is 3. The van der Waals surface area contributed by atoms with E-state index in [1.54, 1.807) is 0 Å². The van der Waals surface area contributed by atoms with Gasteiger partial charge < -0.3 is 9.22 Å². The lowest BCUT2D eigenvalue weighted by atomic mass is 9.92. The van der Waals surface area contributed by atoms with Crippen molar-refractivity contribution in [3.8, 4) is 11.8 Å². The van der Waals surface area contributed by atoms with Gasteiger partial charge in [0.05, 0.1) is 44.4 Å². The molecule has 2 aliphatic heterocycles. The summed E-state index contributed by atoms with van der Waals surface area (Å²) >= 11 is 0. The lowest BCUT2D eigenvalue weighted by molar-refractivity contribution is -0.968. The number of hydrogen-bond acceptors (Lipinski definition) is 2. The average Bonchev–Trinajstić information content (AvgIpc) is 2.44. The Morgan fingerprint density at radius 2 is 1.79 bits per heavy atom. The van der Waals surface area contributed by atoms with Crippen LogP contribution in [0.3, 0.4) is 0 Å². The highest BCUT2D eigenvalue weighted by Crippen LogP contribution is 2.30. The third-order valence-corrected chi connectivity index (χ3v) is 4.76. The molecule has 2 saturated heterocycles. The van der Waals surface area contributed by atoms with Crippen LogP contribution in [0.25, 0.3) is 0 Å². The van der Waals surface area contributed by atoms with Gasteiger partial charge in [-0.2, -0.15) is 5.26 Å². The second-order valence-electron chi connectivity index (χ2n) is 5.98. The number of hydrogen-bond donors (Lipinski definition) is 0. The van der Waals surface area contributed by atoms with E-state index >= 15 is 0 Å². The molecular formula is C16H21N2O+. The van der Waals surface area contributed by atoms with Crippen molar-refractivity contribution in [3.05, 3.63) is 29.8 Å². The molecule has 19 heavy (non-hydrogen) atoms. The van der Waals surface area contributed by atoms with E-state index < -0.39 is 0 Å². The molecule has 3 nitrogen and oxygen atoms in total. The van der Waals surface area contributed by atoms with Crippen molar-refractivity contribution >= 4 is 0 Å². The van der Waals surface area contributed by atoms with Crippen LogP contribution in [0.1, 0.15) is 24.8 Å². The van der Waals surface area contributed by atoms with E-state index in [-0.39, 0.29) is 0 Å². The third kappa shape index (κ3) is 2.74. The highest BCUT2D eigenvalue weighted by molar-refractivity contribution is 5.34. The van der Waals surface area contributed by atoms with E-state index in [1.807, 2.05) is 24.3 Å². The maximum absolute atomic E-state index is 8.75. The Bertz CT molecular complexity index is 461. The summed E-state index contributed by atoms with van der Waals surface area (Å²) in [5.74, 6) is 1.59. The maximum atomic E-state index is 8.75. The standard InChI is InChI=1S/C16H21N2O/c17-12-14-2-4-16(5-3-14)19-13-15-6-10-18(11-7-15)8-1-9-18/h2-5,15H,1,6-11,13H2/q+1. The minimum atomic E-state index is 0.689. The van der Waals surface area contributed by atoms with E-state index in [0.717, 1.165) is 12.4 Å². The first kappa shape index (κ1) is 12.5. The van der Waals surface area contributed by atoms with E-state index in [9.17, 15) is 0 Å². The smallest absolute Gasteiger partial charge is 0.119 e. The van der Waals surface area contributed by atoms with E-state index in [4.69, 9.17) is 10.00 Å². The molecule has 2 aliphatic rings. The van der Waals surface area contributed by atoms with Gasteiger partial charge in [-0.3, -0.25) is 0 Å². The average molecular weight is 257 g/mol. The minimum absolute atomic E-state index is 0.689. The van der Waals surface area contributed by atoms with E-state index in [2.05, 4.69) is 6.07 Å². The van der Waals surface area contributed by atoms with Gasteiger partial charge in [-0.15, -0.1) is 0 Å². The number of piperidine rings is 1. The lowest BCUT2D eigenvalue weighted by Crippen LogP contribution is -2.61. The third-order valence-electron chi connectivity index (χ3n) is 4.76. The van der Waals surface area contributed by atoms with E-state index in [1.165, 1.54) is 49.9 Å². The molecule has 1 aromatic rings. The van der Waals surface area contributed by atoms with Gasteiger partial charge in [-0.25, -0.2) is 0 Å². The zero-order chi connectivity index (χ0) is 13.1. The summed E-state index contributed by atoms with van der Waals surface area (Å²) in [6, 6.07) is 9.54. The molecule has 3 heteroatoms. The van der Waals surface area contributed by atoms with Gasteiger partial charge in [0.15, 0.2) is 0 Å². The second kappa shape index (κ2) is 5.22. The molecule has 1 spiro atoms. The van der Waals surface area contributed by atoms with Gasteiger partial charge in [-0.1, -0.05) is 0 Å². The topological polar surface area (TPSA) is 33.0 Å². The highest BCUT2D eigenvalue weighted by Gasteiger charge is 2.39. The van der Waals surface area contributed by atoms with Crippen LogP contribution in [0, 0.1) is 17.2 Å². The first-order chi connectivity index (χ1) is 9.30. The largest absolute Gasteiger partial charge is 0.493 e. The molecular weight excluding hydrogens is 236 g/mol. The monoisotopic (exact) mass is 257 g/mol. The number of nitriles is 1. The Hall–Kier alpha value is -1.53. The number of quaternary nitrogens is 1. The fraction of sp³-hybridized carbons (Fsp3) is 0.562. The highest BCUT2D eigenvalue weighted by atomic mass is 16.5. The molecule has 100 valence electrons. The maximum Gasteiger partial charge on any atom is 0.119 e. The van der Waals surface area contributed by atoms with Crippen molar-refractivity contribution in [1.29, 1.82) is 5.26 Å². The molecule has 0 unspecified atom stereocenters. The zero-order valence-corrected chi connectivity index (χ0v) is 11.3. The van der Waals surface area contributed by atoms with Crippen LogP contribution in [0.5, 0.6) is 5.75 Å². The molecule has 2 fully saturated rings. The second-order valence-corrected chi connectivity index (χ2v) is 5.98. The van der Waals surface area contributed by atoms with Crippen molar-refractivity contribution in [2.75, 3.05) is 32.8 Å². The summed E-state index contributed by atoms with van der Waals surface area (Å²) in [6.07, 6.45) is 4.03. The number of benzene rings is 1. The molecule has 3 rings (SSSR count). The van der Waals surface area contributed by atoms with Crippen molar-refractivity contribution in [1.82, 2.24) is 0 Å². The fourth-order valence-electron chi connectivity index (χ4n) is 3.23. The van der Waals surface area contributed by atoms with Crippen molar-refractivity contribution in [2.45, 2.75) is 19.3 Å². The van der Waals surface area contributed by atoms with Gasteiger partial charge in [0.2, 0.25) is 0 Å². The van der Waals surface area contributed by atoms with Gasteiger partial charge >= 0.3 is 0 Å². The Labute approximate surface area is 115 Å². The lowest BCUT2D eigenvalue weighted by Gasteiger charge is -2.49. The molecule has 0 amide bonds. The summed E-state index contributed by atoms with van der Waals surface area (Å²) in [4.78, 5) is 0. The van der Waals surface area contributed by atoms with Crippen molar-refractivity contribution in [3.63, 3.8) is 0 Å². The van der Waals surface area contributed by atoms with Crippen LogP contribution in [-0.2, 0) is 0 Å². The first-order valence-corrected chi connectivity index (χ1v) is 7.28. The molecule has 0 aliphatic carbocycles. The van der Waals surface area contributed by atoms with Crippen molar-refractivity contribution < 1.29 is 9.22 Å². The van der Waals surface area contributed by atoms with Crippen LogP contribution < -0.4 is 4.74 Å². The van der Waals surface area contributed by atoms with Crippen molar-refractivity contribution in [2.24, 2.45) is 5.92 Å². The minimum Gasteiger partial charge on any atom is -0.493 e. The predicted molar refractivity (Wildman–Crippen MR) is 73.7 cm³/mol. The quantitative estimate of drug-likeness (QED) is 0.780. The summed E-state index contributed by atoms with van der Waals surface area (Å²) in [5, 5.41) is 8.75. The molecule has 0 N–H and O–H groups in total. The predicted octanol–water partition coefficient (Wildman–Crippen LogP) is 2.57. The molecule has 0 saturated carbocycles. The first-order valence-electron chi connectivity index (χ1n) is 7.28. The van der Waals surface area contributed by atoms with Gasteiger partial charge in [0, 0.05) is 25.2 Å². The Morgan fingerprint density at radius 1 is 1.11 bits per heavy atom. The van der Waals surface area contributed by atoms with Crippen LogP contribution in [-0.4, -0.2) is 37.3 Å². The Balaban J connectivity index is 1.46. The van der Waals surface area contributed by atoms with Crippen LogP contribution in [0.4, 0.5) is 0 Å². The van der Waals surface area contributed by atoms with Crippen LogP contribution in [0.15, 0.2) is 24.3 Å². The molecule has 0 atom stereocenters. The molecule has 2 heterocycles. The summed E-state index contributed by atoms with van der Waals surface area (Å²) in [6.45, 7) is 6.33. The zero-order valence-electron chi connectivity index (χ0n) is 11.3. The fourth-order valence-corrected chi connectivity index (χ4v) is 3.23. The van der Waals surface area contributed by atoms with Gasteiger partial charge in [0.1, 0.15) is 5.75 Å². The van der Waals surface area contributed by atoms with Gasteiger partial charge in [0.25, 0.3) is 0 Å². The SMILES string of the molecule is N#Cc1ccc(OCC2CC[N+]3(CCC3)CC2)cc1. The Morgan fingerprint density at radius 3 is 2.32 bits per heavy atom. The number of nitrogens with zero attached hydrogens (tertiary/aromatic N) is 2. The number of ether oxygens (including phenoxy) is 1. The normalized spacial score (nSPS) is 21.6. The van der Waals surface area contributed by atoms with E-state index in [0.29, 0.717) is 11.5 Å². The Kier molecular flexibility index (Phi) is 3.44. The molecule has 0 aromatic heterocycles. The summed E-state index contributed by atoms with van der Waals surface area (Å²) in [7, 11) is 0. The molecule has 1 aromatic carbocycles. The summed E-state index contributed by atoms with van der Waals surface area (Å²) < 4.78 is 7.23. The summed E-state index contributed by atoms with van der Waals surface area (Å²) in [5.41, 5.74) is 0.689. The molecule has 0 bridgehead atoms. The van der Waals surface area contributed by atoms with Crippen LogP contribution in [0.2, 0.25) is 0 Å².